The second-order valence-corrected chi connectivity index (χ2v) is 7.51. The minimum absolute atomic E-state index is 0.0915. The lowest BCUT2D eigenvalue weighted by Gasteiger charge is -2.42. The lowest BCUT2D eigenvalue weighted by Crippen LogP contribution is -2.49. The van der Waals surface area contributed by atoms with E-state index in [1.165, 1.54) is 0 Å². The van der Waals surface area contributed by atoms with Gasteiger partial charge in [-0.2, -0.15) is 0 Å². The van der Waals surface area contributed by atoms with E-state index in [4.69, 9.17) is 9.47 Å². The monoisotopic (exact) mass is 360 g/mol. The number of esters is 1. The SMILES string of the molecule is CCOC(=O)C1(C)CCC(N2Cc3c(C)ccc(OC)c3NC2=O)CC1. The van der Waals surface area contributed by atoms with Crippen molar-refractivity contribution >= 4 is 17.7 Å². The third kappa shape index (κ3) is 3.24. The van der Waals surface area contributed by atoms with Gasteiger partial charge in [-0.1, -0.05) is 6.07 Å². The van der Waals surface area contributed by atoms with Crippen LogP contribution < -0.4 is 10.1 Å². The number of methoxy groups -OCH3 is 1. The van der Waals surface area contributed by atoms with Crippen molar-refractivity contribution in [3.63, 3.8) is 0 Å². The quantitative estimate of drug-likeness (QED) is 0.828. The Morgan fingerprint density at radius 2 is 2.04 bits per heavy atom. The van der Waals surface area contributed by atoms with Crippen molar-refractivity contribution in [2.75, 3.05) is 19.0 Å². The van der Waals surface area contributed by atoms with Crippen molar-refractivity contribution in [1.82, 2.24) is 4.90 Å². The number of nitrogens with zero attached hydrogens (tertiary/aromatic N) is 1. The number of carbonyl (C=O) groups is 2. The summed E-state index contributed by atoms with van der Waals surface area (Å²) in [6, 6.07) is 3.95. The van der Waals surface area contributed by atoms with Crippen molar-refractivity contribution in [2.24, 2.45) is 5.41 Å². The maximum Gasteiger partial charge on any atom is 0.322 e. The molecule has 2 aliphatic rings. The molecule has 0 aromatic heterocycles. The third-order valence-electron chi connectivity index (χ3n) is 5.82. The number of hydrogen-bond acceptors (Lipinski definition) is 4. The number of fused-ring (bicyclic) bond motifs is 1. The highest BCUT2D eigenvalue weighted by atomic mass is 16.5. The molecule has 1 fully saturated rings. The van der Waals surface area contributed by atoms with E-state index in [-0.39, 0.29) is 18.0 Å². The summed E-state index contributed by atoms with van der Waals surface area (Å²) in [5.74, 6) is 0.574. The van der Waals surface area contributed by atoms with Crippen LogP contribution in [0.25, 0.3) is 0 Å². The summed E-state index contributed by atoms with van der Waals surface area (Å²) < 4.78 is 10.6. The van der Waals surface area contributed by atoms with Gasteiger partial charge in [-0.15, -0.1) is 0 Å². The number of rotatable bonds is 4. The number of aryl methyl sites for hydroxylation is 1. The molecule has 1 heterocycles. The fraction of sp³-hybridized carbons (Fsp3) is 0.600. The van der Waals surface area contributed by atoms with Gasteiger partial charge >= 0.3 is 12.0 Å². The predicted octanol–water partition coefficient (Wildman–Crippen LogP) is 3.86. The van der Waals surface area contributed by atoms with Gasteiger partial charge in [0.1, 0.15) is 5.75 Å². The number of ether oxygens (including phenoxy) is 2. The van der Waals surface area contributed by atoms with Crippen LogP contribution in [0.1, 0.15) is 50.7 Å². The van der Waals surface area contributed by atoms with Gasteiger partial charge in [0.05, 0.1) is 31.4 Å². The molecule has 26 heavy (non-hydrogen) atoms. The molecule has 1 aromatic carbocycles. The second-order valence-electron chi connectivity index (χ2n) is 7.51. The molecule has 1 saturated carbocycles. The maximum absolute atomic E-state index is 12.7. The second kappa shape index (κ2) is 7.17. The van der Waals surface area contributed by atoms with E-state index in [1.807, 2.05) is 37.8 Å². The van der Waals surface area contributed by atoms with Gasteiger partial charge < -0.3 is 19.7 Å². The van der Waals surface area contributed by atoms with Crippen LogP contribution in [0.15, 0.2) is 12.1 Å². The van der Waals surface area contributed by atoms with Crippen molar-refractivity contribution < 1.29 is 19.1 Å². The first kappa shape index (κ1) is 18.5. The first-order valence-corrected chi connectivity index (χ1v) is 9.31. The molecule has 1 aliphatic carbocycles. The van der Waals surface area contributed by atoms with E-state index in [0.717, 1.165) is 42.5 Å². The van der Waals surface area contributed by atoms with Crippen molar-refractivity contribution in [3.8, 4) is 5.75 Å². The normalized spacial score (nSPS) is 25.3. The van der Waals surface area contributed by atoms with Gasteiger partial charge in [-0.3, -0.25) is 4.79 Å². The van der Waals surface area contributed by atoms with Gasteiger partial charge in [0.2, 0.25) is 0 Å². The minimum atomic E-state index is -0.435. The molecule has 1 aliphatic heterocycles. The highest BCUT2D eigenvalue weighted by Crippen LogP contribution is 2.41. The summed E-state index contributed by atoms with van der Waals surface area (Å²) >= 11 is 0. The molecule has 1 N–H and O–H groups in total. The molecule has 6 heteroatoms. The molecule has 0 saturated heterocycles. The zero-order valence-electron chi connectivity index (χ0n) is 16.1. The molecule has 3 rings (SSSR count). The number of amides is 2. The van der Waals surface area contributed by atoms with Crippen LogP contribution >= 0.6 is 0 Å². The molecule has 0 unspecified atom stereocenters. The Morgan fingerprint density at radius 3 is 2.65 bits per heavy atom. The van der Waals surface area contributed by atoms with Gasteiger partial charge in [0, 0.05) is 11.6 Å². The van der Waals surface area contributed by atoms with Crippen LogP contribution in [0.5, 0.6) is 5.75 Å². The molecule has 2 amide bonds. The fourth-order valence-electron chi connectivity index (χ4n) is 4.02. The molecule has 0 atom stereocenters. The Balaban J connectivity index is 1.74. The first-order valence-electron chi connectivity index (χ1n) is 9.31. The molecule has 0 spiro atoms. The smallest absolute Gasteiger partial charge is 0.322 e. The van der Waals surface area contributed by atoms with Crippen LogP contribution in [0.4, 0.5) is 10.5 Å². The van der Waals surface area contributed by atoms with Gasteiger partial charge in [-0.25, -0.2) is 4.79 Å². The zero-order chi connectivity index (χ0) is 18.9. The third-order valence-corrected chi connectivity index (χ3v) is 5.82. The Morgan fingerprint density at radius 1 is 1.35 bits per heavy atom. The summed E-state index contributed by atoms with van der Waals surface area (Å²) in [6.07, 6.45) is 3.09. The van der Waals surface area contributed by atoms with Crippen molar-refractivity contribution in [1.29, 1.82) is 0 Å². The summed E-state index contributed by atoms with van der Waals surface area (Å²) in [5.41, 5.74) is 2.58. The standard InChI is InChI=1S/C20H28N2O4/c1-5-26-18(23)20(3)10-8-14(9-11-20)22-12-15-13(2)6-7-16(25-4)17(15)21-19(22)24/h6-7,14H,5,8-12H2,1-4H3,(H,21,24). The Hall–Kier alpha value is -2.24. The Kier molecular flexibility index (Phi) is 5.12. The summed E-state index contributed by atoms with van der Waals surface area (Å²) in [7, 11) is 1.61. The van der Waals surface area contributed by atoms with Crippen LogP contribution in [0.2, 0.25) is 0 Å². The number of anilines is 1. The Labute approximate surface area is 154 Å². The molecule has 142 valence electrons. The van der Waals surface area contributed by atoms with Crippen molar-refractivity contribution in [2.45, 2.75) is 59.0 Å². The first-order chi connectivity index (χ1) is 12.4. The largest absolute Gasteiger partial charge is 0.495 e. The summed E-state index contributed by atoms with van der Waals surface area (Å²) in [6.45, 7) is 6.84. The van der Waals surface area contributed by atoms with E-state index >= 15 is 0 Å². The molecular weight excluding hydrogens is 332 g/mol. The number of carbonyl (C=O) groups excluding carboxylic acids is 2. The summed E-state index contributed by atoms with van der Waals surface area (Å²) in [5, 5.41) is 3.00. The minimum Gasteiger partial charge on any atom is -0.495 e. The van der Waals surface area contributed by atoms with Crippen LogP contribution in [-0.4, -0.2) is 36.7 Å². The van der Waals surface area contributed by atoms with Crippen molar-refractivity contribution in [3.05, 3.63) is 23.3 Å². The van der Waals surface area contributed by atoms with E-state index in [0.29, 0.717) is 18.9 Å². The predicted molar refractivity (Wildman–Crippen MR) is 99.3 cm³/mol. The number of benzene rings is 1. The fourth-order valence-corrected chi connectivity index (χ4v) is 4.02. The van der Waals surface area contributed by atoms with E-state index < -0.39 is 5.41 Å². The molecule has 1 aromatic rings. The lowest BCUT2D eigenvalue weighted by molar-refractivity contribution is -0.156. The average Bonchev–Trinajstić information content (AvgIpc) is 2.63. The highest BCUT2D eigenvalue weighted by molar-refractivity contribution is 5.94. The maximum atomic E-state index is 12.7. The van der Waals surface area contributed by atoms with Gasteiger partial charge in [0.25, 0.3) is 0 Å². The molecule has 0 bridgehead atoms. The number of nitrogens with one attached hydrogen (secondary N) is 1. The molecular formula is C20H28N2O4. The summed E-state index contributed by atoms with van der Waals surface area (Å²) in [4.78, 5) is 26.8. The van der Waals surface area contributed by atoms with Crippen LogP contribution in [0, 0.1) is 12.3 Å². The van der Waals surface area contributed by atoms with E-state index in [2.05, 4.69) is 5.32 Å². The average molecular weight is 360 g/mol. The topological polar surface area (TPSA) is 67.9 Å². The molecule has 0 radical (unpaired) electrons. The Bertz CT molecular complexity index is 708. The number of urea groups is 1. The van der Waals surface area contributed by atoms with Gasteiger partial charge in [0.15, 0.2) is 0 Å². The molecule has 6 nitrogen and oxygen atoms in total. The van der Waals surface area contributed by atoms with Crippen LogP contribution in [0.3, 0.4) is 0 Å². The van der Waals surface area contributed by atoms with E-state index in [1.54, 1.807) is 7.11 Å². The van der Waals surface area contributed by atoms with E-state index in [9.17, 15) is 9.59 Å². The lowest BCUT2D eigenvalue weighted by atomic mass is 9.73. The zero-order valence-corrected chi connectivity index (χ0v) is 16.1. The number of hydrogen-bond donors (Lipinski definition) is 1. The van der Waals surface area contributed by atoms with Crippen LogP contribution in [-0.2, 0) is 16.1 Å². The van der Waals surface area contributed by atoms with Gasteiger partial charge in [-0.05, 0) is 58.1 Å². The highest BCUT2D eigenvalue weighted by Gasteiger charge is 2.42.